The summed E-state index contributed by atoms with van der Waals surface area (Å²) in [4.78, 5) is 36.9. The zero-order chi connectivity index (χ0) is 40.9. The average molecular weight is 775 g/mol. The van der Waals surface area contributed by atoms with Gasteiger partial charge < -0.3 is 38.3 Å². The number of phenols is 1. The molecule has 8 rings (SSSR count). The van der Waals surface area contributed by atoms with Crippen molar-refractivity contribution in [3.63, 3.8) is 0 Å². The molecule has 0 aliphatic carbocycles. The molecule has 3 aliphatic rings. The molecule has 0 bridgehead atoms. The number of hydrogen-bond acceptors (Lipinski definition) is 11. The van der Waals surface area contributed by atoms with Crippen molar-refractivity contribution in [3.8, 4) is 28.7 Å². The van der Waals surface area contributed by atoms with Crippen LogP contribution in [0.1, 0.15) is 84.5 Å². The number of benzene rings is 4. The average Bonchev–Trinajstić information content (AvgIpc) is 3.58. The van der Waals surface area contributed by atoms with Crippen LogP contribution in [-0.4, -0.2) is 58.1 Å². The SMILES string of the molecule is CC(C)(OC(=O)c1ccccc1)C1Cc2cc3ccc(=O)oc3cc2O1.COc1c(CC(=O)c2cc3c(cc2O)OC(C)(C)C(O)C3)ccc2c1C=CC(C)(C)O2. The first kappa shape index (κ1) is 39.2. The maximum Gasteiger partial charge on any atom is 0.338 e. The van der Waals surface area contributed by atoms with E-state index in [1.807, 2.05) is 64.1 Å². The normalized spacial score (nSPS) is 18.3. The maximum atomic E-state index is 13.1. The van der Waals surface area contributed by atoms with E-state index in [0.29, 0.717) is 58.1 Å². The Morgan fingerprint density at radius 2 is 1.61 bits per heavy atom. The van der Waals surface area contributed by atoms with Gasteiger partial charge in [-0.25, -0.2) is 9.59 Å². The zero-order valence-electron chi connectivity index (χ0n) is 33.0. The maximum absolute atomic E-state index is 13.1. The summed E-state index contributed by atoms with van der Waals surface area (Å²) >= 11 is 0. The van der Waals surface area contributed by atoms with Gasteiger partial charge in [-0.2, -0.15) is 0 Å². The van der Waals surface area contributed by atoms with Crippen LogP contribution in [0.3, 0.4) is 0 Å². The molecule has 4 heterocycles. The van der Waals surface area contributed by atoms with Crippen molar-refractivity contribution in [1.82, 2.24) is 0 Å². The Morgan fingerprint density at radius 1 is 0.877 bits per heavy atom. The Labute approximate surface area is 330 Å². The van der Waals surface area contributed by atoms with Crippen LogP contribution in [0.25, 0.3) is 17.0 Å². The van der Waals surface area contributed by atoms with Gasteiger partial charge in [0, 0.05) is 48.4 Å². The number of ketones is 1. The fraction of sp³-hybridized carbons (Fsp3) is 0.326. The molecule has 11 nitrogen and oxygen atoms in total. The Balaban J connectivity index is 0.000000177. The lowest BCUT2D eigenvalue weighted by molar-refractivity contribution is -0.0517. The molecule has 296 valence electrons. The Hall–Kier alpha value is -6.07. The van der Waals surface area contributed by atoms with Gasteiger partial charge in [0.1, 0.15) is 57.2 Å². The van der Waals surface area contributed by atoms with Crippen molar-refractivity contribution in [1.29, 1.82) is 0 Å². The van der Waals surface area contributed by atoms with Gasteiger partial charge in [-0.1, -0.05) is 24.3 Å². The molecule has 0 fully saturated rings. The molecule has 2 N–H and O–H groups in total. The summed E-state index contributed by atoms with van der Waals surface area (Å²) in [7, 11) is 1.56. The Bertz CT molecular complexity index is 2460. The predicted molar refractivity (Wildman–Crippen MR) is 214 cm³/mol. The van der Waals surface area contributed by atoms with E-state index < -0.39 is 28.5 Å². The van der Waals surface area contributed by atoms with Gasteiger partial charge in [0.05, 0.1) is 29.9 Å². The molecule has 57 heavy (non-hydrogen) atoms. The second-order valence-electron chi connectivity index (χ2n) is 16.1. The molecular weight excluding hydrogens is 728 g/mol. The number of carbonyl (C=O) groups is 2. The van der Waals surface area contributed by atoms with Crippen LogP contribution >= 0.6 is 0 Å². The lowest BCUT2D eigenvalue weighted by Crippen LogP contribution is -2.46. The van der Waals surface area contributed by atoms with E-state index in [4.69, 9.17) is 28.1 Å². The highest BCUT2D eigenvalue weighted by Gasteiger charge is 2.40. The Kier molecular flexibility index (Phi) is 10.2. The summed E-state index contributed by atoms with van der Waals surface area (Å²) in [5.74, 6) is 1.64. The number of carbonyl (C=O) groups excluding carboxylic acids is 2. The molecule has 3 aliphatic heterocycles. The van der Waals surface area contributed by atoms with Gasteiger partial charge >= 0.3 is 11.6 Å². The summed E-state index contributed by atoms with van der Waals surface area (Å²) in [5, 5.41) is 21.7. The fourth-order valence-corrected chi connectivity index (χ4v) is 7.15. The number of aliphatic hydroxyl groups excluding tert-OH is 1. The highest BCUT2D eigenvalue weighted by atomic mass is 16.6. The number of ether oxygens (including phenoxy) is 5. The lowest BCUT2D eigenvalue weighted by Gasteiger charge is -2.37. The monoisotopic (exact) mass is 774 g/mol. The largest absolute Gasteiger partial charge is 0.507 e. The number of Topliss-reactive ketones (excluding diaryl/α,β-unsaturated/α-hetero) is 1. The topological polar surface area (TPSA) is 151 Å². The standard InChI is InChI=1S/C25H28O6.C21H18O5/c1-24(2)9-8-16-20(30-24)7-6-14(23(16)29-5)11-18(26)17-10-15-12-22(28)25(3,4)31-21(15)13-19(17)27;1-21(2,26-20(23)13-6-4-3-5-7-13)18-11-15-10-14-8-9-19(22)25-16(14)12-17(15)24-18/h6-10,13,22,27-28H,11-12H2,1-5H3;3-10,12,18H,11H2,1-2H3. The van der Waals surface area contributed by atoms with Crippen LogP contribution in [0.5, 0.6) is 28.7 Å². The van der Waals surface area contributed by atoms with E-state index in [-0.39, 0.29) is 35.6 Å². The number of rotatable bonds is 7. The first-order chi connectivity index (χ1) is 26.9. The molecule has 5 aromatic rings. The van der Waals surface area contributed by atoms with Gasteiger partial charge in [-0.15, -0.1) is 0 Å². The minimum absolute atomic E-state index is 0.0505. The molecule has 2 unspecified atom stereocenters. The van der Waals surface area contributed by atoms with E-state index in [9.17, 15) is 24.6 Å². The van der Waals surface area contributed by atoms with Crippen molar-refractivity contribution < 1.29 is 47.9 Å². The van der Waals surface area contributed by atoms with Crippen LogP contribution < -0.4 is 24.6 Å². The molecule has 4 aromatic carbocycles. The summed E-state index contributed by atoms with van der Waals surface area (Å²) < 4.78 is 34.4. The zero-order valence-corrected chi connectivity index (χ0v) is 33.0. The van der Waals surface area contributed by atoms with E-state index in [1.165, 1.54) is 12.1 Å². The molecule has 0 radical (unpaired) electrons. The van der Waals surface area contributed by atoms with Gasteiger partial charge in [0.15, 0.2) is 5.78 Å². The van der Waals surface area contributed by atoms with Crippen molar-refractivity contribution >= 4 is 28.8 Å². The van der Waals surface area contributed by atoms with E-state index in [0.717, 1.165) is 16.5 Å². The number of phenolic OH excluding ortho intramolecular Hbond substituents is 1. The summed E-state index contributed by atoms with van der Waals surface area (Å²) in [6, 6.07) is 22.4. The predicted octanol–water partition coefficient (Wildman–Crippen LogP) is 7.82. The third-order valence-electron chi connectivity index (χ3n) is 10.5. The van der Waals surface area contributed by atoms with Crippen LogP contribution in [0, 0.1) is 0 Å². The van der Waals surface area contributed by atoms with E-state index in [1.54, 1.807) is 63.4 Å². The minimum atomic E-state index is -0.820. The molecule has 1 aromatic heterocycles. The first-order valence-electron chi connectivity index (χ1n) is 18.8. The second kappa shape index (κ2) is 14.8. The quantitative estimate of drug-likeness (QED) is 0.0947. The number of aromatic hydroxyl groups is 1. The van der Waals surface area contributed by atoms with Gasteiger partial charge in [0.2, 0.25) is 0 Å². The van der Waals surface area contributed by atoms with Crippen molar-refractivity contribution in [2.45, 2.75) is 89.8 Å². The van der Waals surface area contributed by atoms with Gasteiger partial charge in [-0.05, 0) is 101 Å². The van der Waals surface area contributed by atoms with E-state index >= 15 is 0 Å². The molecule has 0 spiro atoms. The van der Waals surface area contributed by atoms with Crippen LogP contribution in [0.4, 0.5) is 0 Å². The van der Waals surface area contributed by atoms with Crippen LogP contribution in [0.2, 0.25) is 0 Å². The molecular formula is C46H46O11. The molecule has 2 atom stereocenters. The highest BCUT2D eigenvalue weighted by molar-refractivity contribution is 6.01. The molecule has 0 saturated carbocycles. The minimum Gasteiger partial charge on any atom is -0.507 e. The summed E-state index contributed by atoms with van der Waals surface area (Å²) in [6.07, 6.45) is 3.88. The van der Waals surface area contributed by atoms with Gasteiger partial charge in [-0.3, -0.25) is 4.79 Å². The smallest absolute Gasteiger partial charge is 0.338 e. The highest BCUT2D eigenvalue weighted by Crippen LogP contribution is 2.42. The van der Waals surface area contributed by atoms with Crippen LogP contribution in [-0.2, 0) is 24.0 Å². The lowest BCUT2D eigenvalue weighted by atomic mass is 9.89. The van der Waals surface area contributed by atoms with Gasteiger partial charge in [0.25, 0.3) is 0 Å². The van der Waals surface area contributed by atoms with Crippen LogP contribution in [0.15, 0.2) is 94.2 Å². The molecule has 0 amide bonds. The molecule has 0 saturated heterocycles. The van der Waals surface area contributed by atoms with Crippen molar-refractivity contribution in [3.05, 3.63) is 129 Å². The summed E-state index contributed by atoms with van der Waals surface area (Å²) in [5.41, 5.74) is 1.99. The van der Waals surface area contributed by atoms with E-state index in [2.05, 4.69) is 0 Å². The number of hydrogen-bond donors (Lipinski definition) is 2. The third kappa shape index (κ3) is 8.11. The molecule has 11 heteroatoms. The van der Waals surface area contributed by atoms with Crippen molar-refractivity contribution in [2.24, 2.45) is 0 Å². The number of methoxy groups -OCH3 is 1. The third-order valence-corrected chi connectivity index (χ3v) is 10.5. The summed E-state index contributed by atoms with van der Waals surface area (Å²) in [6.45, 7) is 11.2. The number of fused-ring (bicyclic) bond motifs is 4. The fourth-order valence-electron chi connectivity index (χ4n) is 7.15. The Morgan fingerprint density at radius 3 is 2.35 bits per heavy atom. The first-order valence-corrected chi connectivity index (χ1v) is 18.8. The number of esters is 1. The van der Waals surface area contributed by atoms with Crippen molar-refractivity contribution in [2.75, 3.05) is 7.11 Å². The second-order valence-corrected chi connectivity index (χ2v) is 16.1. The number of aliphatic hydroxyl groups is 1.